The predicted molar refractivity (Wildman–Crippen MR) is 70.4 cm³/mol. The molecule has 2 aromatic rings. The molecular weight excluding hydrogens is 227 g/mol. The first-order valence-electron chi connectivity index (χ1n) is 5.91. The smallest absolute Gasteiger partial charge is 0.167 e. The van der Waals surface area contributed by atoms with E-state index >= 15 is 0 Å². The summed E-state index contributed by atoms with van der Waals surface area (Å²) >= 11 is 0. The highest BCUT2D eigenvalue weighted by molar-refractivity contribution is 5.98. The van der Waals surface area contributed by atoms with Crippen molar-refractivity contribution in [1.29, 1.82) is 0 Å². The number of aryl methyl sites for hydroxylation is 2. The van der Waals surface area contributed by atoms with Crippen molar-refractivity contribution >= 4 is 5.78 Å². The Morgan fingerprint density at radius 2 is 1.89 bits per heavy atom. The van der Waals surface area contributed by atoms with Gasteiger partial charge in [-0.3, -0.25) is 4.79 Å². The highest BCUT2D eigenvalue weighted by atomic mass is 19.1. The van der Waals surface area contributed by atoms with E-state index in [9.17, 15) is 9.18 Å². The fourth-order valence-corrected chi connectivity index (χ4v) is 2.00. The van der Waals surface area contributed by atoms with Crippen LogP contribution in [0.5, 0.6) is 0 Å². The zero-order chi connectivity index (χ0) is 13.1. The van der Waals surface area contributed by atoms with Crippen LogP contribution in [0.25, 0.3) is 0 Å². The topological polar surface area (TPSA) is 17.1 Å². The number of carbonyl (C=O) groups excluding carboxylic acids is 1. The Balaban J connectivity index is 2.24. The minimum atomic E-state index is -0.367. The molecule has 0 fully saturated rings. The minimum absolute atomic E-state index is 0.0439. The van der Waals surface area contributed by atoms with Crippen molar-refractivity contribution in [3.8, 4) is 0 Å². The van der Waals surface area contributed by atoms with Gasteiger partial charge < -0.3 is 0 Å². The average molecular weight is 242 g/mol. The highest BCUT2D eigenvalue weighted by Gasteiger charge is 2.11. The molecule has 0 amide bonds. The molecule has 2 aromatic carbocycles. The van der Waals surface area contributed by atoms with Crippen molar-refractivity contribution in [3.63, 3.8) is 0 Å². The molecule has 0 aromatic heterocycles. The van der Waals surface area contributed by atoms with Crippen LogP contribution in [0.2, 0.25) is 0 Å². The second-order valence-corrected chi connectivity index (χ2v) is 4.55. The van der Waals surface area contributed by atoms with Crippen LogP contribution in [-0.2, 0) is 6.42 Å². The molecule has 2 rings (SSSR count). The first-order valence-corrected chi connectivity index (χ1v) is 5.91. The second kappa shape index (κ2) is 5.13. The first-order chi connectivity index (χ1) is 8.56. The van der Waals surface area contributed by atoms with Gasteiger partial charge in [-0.2, -0.15) is 0 Å². The van der Waals surface area contributed by atoms with Crippen LogP contribution in [0.4, 0.5) is 4.39 Å². The van der Waals surface area contributed by atoms with E-state index in [1.807, 2.05) is 38.1 Å². The van der Waals surface area contributed by atoms with Crippen LogP contribution in [0.1, 0.15) is 27.0 Å². The molecule has 0 aliphatic carbocycles. The van der Waals surface area contributed by atoms with E-state index in [0.29, 0.717) is 12.0 Å². The van der Waals surface area contributed by atoms with Crippen molar-refractivity contribution < 1.29 is 9.18 Å². The van der Waals surface area contributed by atoms with Crippen molar-refractivity contribution in [1.82, 2.24) is 0 Å². The maximum absolute atomic E-state index is 13.2. The van der Waals surface area contributed by atoms with Gasteiger partial charge in [0.05, 0.1) is 0 Å². The Hall–Kier alpha value is -1.96. The van der Waals surface area contributed by atoms with Gasteiger partial charge in [-0.15, -0.1) is 0 Å². The third-order valence-corrected chi connectivity index (χ3v) is 2.95. The summed E-state index contributed by atoms with van der Waals surface area (Å²) in [6, 6.07) is 12.1. The summed E-state index contributed by atoms with van der Waals surface area (Å²) < 4.78 is 13.2. The molecule has 0 aliphatic heterocycles. The van der Waals surface area contributed by atoms with E-state index in [2.05, 4.69) is 0 Å². The molecule has 0 aliphatic rings. The SMILES string of the molecule is Cc1cccc(CC(=O)c2cc(F)ccc2C)c1. The van der Waals surface area contributed by atoms with Gasteiger partial charge in [0, 0.05) is 12.0 Å². The maximum atomic E-state index is 13.2. The summed E-state index contributed by atoms with van der Waals surface area (Å²) in [4.78, 5) is 12.1. The van der Waals surface area contributed by atoms with Crippen molar-refractivity contribution in [2.45, 2.75) is 20.3 Å². The molecule has 2 heteroatoms. The third-order valence-electron chi connectivity index (χ3n) is 2.95. The second-order valence-electron chi connectivity index (χ2n) is 4.55. The molecule has 92 valence electrons. The Morgan fingerprint density at radius 3 is 2.61 bits per heavy atom. The fraction of sp³-hybridized carbons (Fsp3) is 0.188. The van der Waals surface area contributed by atoms with E-state index in [-0.39, 0.29) is 11.6 Å². The van der Waals surface area contributed by atoms with Gasteiger partial charge >= 0.3 is 0 Å². The molecule has 0 N–H and O–H groups in total. The average Bonchev–Trinajstić information content (AvgIpc) is 2.32. The van der Waals surface area contributed by atoms with Crippen LogP contribution in [-0.4, -0.2) is 5.78 Å². The molecule has 0 unspecified atom stereocenters. The van der Waals surface area contributed by atoms with Crippen LogP contribution in [0.3, 0.4) is 0 Å². The lowest BCUT2D eigenvalue weighted by atomic mass is 9.98. The number of ketones is 1. The molecular formula is C16H15FO. The normalized spacial score (nSPS) is 10.4. The molecule has 0 atom stereocenters. The summed E-state index contributed by atoms with van der Waals surface area (Å²) in [5.74, 6) is -0.411. The van der Waals surface area contributed by atoms with E-state index in [4.69, 9.17) is 0 Å². The number of benzene rings is 2. The summed E-state index contributed by atoms with van der Waals surface area (Å²) in [5, 5.41) is 0. The zero-order valence-corrected chi connectivity index (χ0v) is 10.5. The Morgan fingerprint density at radius 1 is 1.11 bits per heavy atom. The molecule has 0 heterocycles. The maximum Gasteiger partial charge on any atom is 0.167 e. The quantitative estimate of drug-likeness (QED) is 0.747. The van der Waals surface area contributed by atoms with Gasteiger partial charge in [0.25, 0.3) is 0 Å². The van der Waals surface area contributed by atoms with E-state index in [1.54, 1.807) is 6.07 Å². The van der Waals surface area contributed by atoms with Crippen molar-refractivity contribution in [2.75, 3.05) is 0 Å². The van der Waals surface area contributed by atoms with Crippen LogP contribution >= 0.6 is 0 Å². The van der Waals surface area contributed by atoms with Crippen molar-refractivity contribution in [2.24, 2.45) is 0 Å². The van der Waals surface area contributed by atoms with Crippen LogP contribution in [0, 0.1) is 19.7 Å². The number of halogens is 1. The van der Waals surface area contributed by atoms with Gasteiger partial charge in [-0.25, -0.2) is 4.39 Å². The fourth-order valence-electron chi connectivity index (χ4n) is 2.00. The zero-order valence-electron chi connectivity index (χ0n) is 10.5. The minimum Gasteiger partial charge on any atom is -0.294 e. The summed E-state index contributed by atoms with van der Waals surface area (Å²) in [6.45, 7) is 3.81. The summed E-state index contributed by atoms with van der Waals surface area (Å²) in [5.41, 5.74) is 3.37. The number of hydrogen-bond donors (Lipinski definition) is 0. The van der Waals surface area contributed by atoms with Gasteiger partial charge in [-0.05, 0) is 37.1 Å². The predicted octanol–water partition coefficient (Wildman–Crippen LogP) is 3.87. The van der Waals surface area contributed by atoms with E-state index in [0.717, 1.165) is 16.7 Å². The molecule has 0 saturated carbocycles. The number of hydrogen-bond acceptors (Lipinski definition) is 1. The van der Waals surface area contributed by atoms with Gasteiger partial charge in [0.1, 0.15) is 5.82 Å². The summed E-state index contributed by atoms with van der Waals surface area (Å²) in [7, 11) is 0. The molecule has 18 heavy (non-hydrogen) atoms. The summed E-state index contributed by atoms with van der Waals surface area (Å²) in [6.07, 6.45) is 0.311. The lowest BCUT2D eigenvalue weighted by Gasteiger charge is -2.06. The standard InChI is InChI=1S/C16H15FO/c1-11-4-3-5-13(8-11)9-16(18)15-10-14(17)7-6-12(15)2/h3-8,10H,9H2,1-2H3. The van der Waals surface area contributed by atoms with E-state index < -0.39 is 0 Å². The van der Waals surface area contributed by atoms with Gasteiger partial charge in [-0.1, -0.05) is 35.9 Å². The highest BCUT2D eigenvalue weighted by Crippen LogP contribution is 2.14. The molecule has 0 radical (unpaired) electrons. The Bertz CT molecular complexity index is 587. The van der Waals surface area contributed by atoms with Gasteiger partial charge in [0.15, 0.2) is 5.78 Å². The first kappa shape index (κ1) is 12.5. The lowest BCUT2D eigenvalue weighted by molar-refractivity contribution is 0.0992. The molecule has 0 bridgehead atoms. The lowest BCUT2D eigenvalue weighted by Crippen LogP contribution is -2.06. The monoisotopic (exact) mass is 242 g/mol. The van der Waals surface area contributed by atoms with Crippen molar-refractivity contribution in [3.05, 3.63) is 70.5 Å². The molecule has 1 nitrogen and oxygen atoms in total. The number of Topliss-reactive ketones (excluding diaryl/α,β-unsaturated/α-hetero) is 1. The van der Waals surface area contributed by atoms with Crippen LogP contribution < -0.4 is 0 Å². The third kappa shape index (κ3) is 2.83. The molecule has 0 spiro atoms. The van der Waals surface area contributed by atoms with Gasteiger partial charge in [0.2, 0.25) is 0 Å². The van der Waals surface area contributed by atoms with Crippen LogP contribution in [0.15, 0.2) is 42.5 Å². The van der Waals surface area contributed by atoms with E-state index in [1.165, 1.54) is 12.1 Å². The largest absolute Gasteiger partial charge is 0.294 e. The molecule has 0 saturated heterocycles. The number of rotatable bonds is 3. The Labute approximate surface area is 106 Å². The Kier molecular flexibility index (Phi) is 3.56. The number of carbonyl (C=O) groups is 1.